The summed E-state index contributed by atoms with van der Waals surface area (Å²) >= 11 is 0. The smallest absolute Gasteiger partial charge is 0.115 e. The first-order valence-electron chi connectivity index (χ1n) is 11.6. The van der Waals surface area contributed by atoms with Crippen molar-refractivity contribution >= 4 is 0 Å². The molecule has 3 aliphatic rings. The van der Waals surface area contributed by atoms with Gasteiger partial charge in [0.15, 0.2) is 0 Å². The van der Waals surface area contributed by atoms with Crippen LogP contribution in [0.3, 0.4) is 0 Å². The summed E-state index contributed by atoms with van der Waals surface area (Å²) in [7, 11) is 0. The predicted octanol–water partition coefficient (Wildman–Crippen LogP) is 6.36. The third kappa shape index (κ3) is 2.95. The Labute approximate surface area is 171 Å². The highest BCUT2D eigenvalue weighted by atomic mass is 16.3. The largest absolute Gasteiger partial charge is 0.508 e. The molecule has 1 aromatic carbocycles. The van der Waals surface area contributed by atoms with E-state index < -0.39 is 0 Å². The van der Waals surface area contributed by atoms with Crippen LogP contribution in [0.2, 0.25) is 0 Å². The van der Waals surface area contributed by atoms with Gasteiger partial charge in [0.25, 0.3) is 0 Å². The first-order chi connectivity index (χ1) is 13.5. The molecule has 4 rings (SSSR count). The van der Waals surface area contributed by atoms with Gasteiger partial charge in [0.05, 0.1) is 6.10 Å². The van der Waals surface area contributed by atoms with Crippen molar-refractivity contribution in [3.8, 4) is 5.75 Å². The van der Waals surface area contributed by atoms with Crippen LogP contribution in [0.1, 0.15) is 88.7 Å². The number of hydrogen-bond acceptors (Lipinski definition) is 2. The van der Waals surface area contributed by atoms with E-state index >= 15 is 0 Å². The summed E-state index contributed by atoms with van der Waals surface area (Å²) in [6, 6.07) is 6.07. The molecular formula is C26H38O2. The normalized spacial score (nSPS) is 39.1. The Kier molecular flexibility index (Phi) is 5.37. The number of unbranched alkanes of at least 4 members (excludes halogenated alkanes) is 3. The van der Waals surface area contributed by atoms with Crippen molar-refractivity contribution in [3.63, 3.8) is 0 Å². The molecule has 2 fully saturated rings. The average molecular weight is 383 g/mol. The van der Waals surface area contributed by atoms with E-state index in [0.717, 1.165) is 32.1 Å². The van der Waals surface area contributed by atoms with Crippen molar-refractivity contribution in [2.45, 2.75) is 90.1 Å². The van der Waals surface area contributed by atoms with E-state index in [-0.39, 0.29) is 16.9 Å². The van der Waals surface area contributed by atoms with Crippen LogP contribution in [0.25, 0.3) is 0 Å². The predicted molar refractivity (Wildman–Crippen MR) is 116 cm³/mol. The summed E-state index contributed by atoms with van der Waals surface area (Å²) in [5.74, 6) is 1.99. The van der Waals surface area contributed by atoms with Gasteiger partial charge in [0, 0.05) is 0 Å². The molecule has 0 heterocycles. The van der Waals surface area contributed by atoms with Gasteiger partial charge in [-0.3, -0.25) is 0 Å². The van der Waals surface area contributed by atoms with Crippen molar-refractivity contribution in [3.05, 3.63) is 42.0 Å². The first kappa shape index (κ1) is 20.0. The Morgan fingerprint density at radius 2 is 2.04 bits per heavy atom. The molecule has 0 aliphatic heterocycles. The maximum Gasteiger partial charge on any atom is 0.115 e. The zero-order valence-corrected chi connectivity index (χ0v) is 17.8. The minimum atomic E-state index is -0.172. The number of aromatic hydroxyl groups is 1. The third-order valence-corrected chi connectivity index (χ3v) is 8.78. The maximum atomic E-state index is 11.0. The minimum absolute atomic E-state index is 0.0224. The van der Waals surface area contributed by atoms with E-state index in [0.29, 0.717) is 23.5 Å². The second kappa shape index (κ2) is 7.52. The van der Waals surface area contributed by atoms with E-state index in [2.05, 4.69) is 32.6 Å². The number of allylic oxidation sites excluding steroid dienone is 1. The number of phenols is 1. The summed E-state index contributed by atoms with van der Waals surface area (Å²) in [5.41, 5.74) is 2.90. The number of phenolic OH excluding ortho intramolecular Hbond substituents is 1. The van der Waals surface area contributed by atoms with Crippen LogP contribution in [-0.2, 0) is 6.42 Å². The van der Waals surface area contributed by atoms with Crippen LogP contribution in [0.15, 0.2) is 30.9 Å². The fraction of sp³-hybridized carbons (Fsp3) is 0.692. The third-order valence-electron chi connectivity index (χ3n) is 8.78. The molecule has 3 unspecified atom stereocenters. The molecule has 0 amide bonds. The molecule has 0 bridgehead atoms. The summed E-state index contributed by atoms with van der Waals surface area (Å²) in [5, 5.41) is 21.0. The topological polar surface area (TPSA) is 40.5 Å². The first-order valence-corrected chi connectivity index (χ1v) is 11.6. The maximum absolute atomic E-state index is 11.0. The van der Waals surface area contributed by atoms with Crippen molar-refractivity contribution < 1.29 is 10.2 Å². The van der Waals surface area contributed by atoms with Crippen molar-refractivity contribution in [2.24, 2.45) is 22.7 Å². The summed E-state index contributed by atoms with van der Waals surface area (Å²) in [4.78, 5) is 0. The van der Waals surface area contributed by atoms with Crippen LogP contribution < -0.4 is 0 Å². The van der Waals surface area contributed by atoms with Gasteiger partial charge in [-0.25, -0.2) is 0 Å². The number of rotatable bonds is 6. The van der Waals surface area contributed by atoms with Gasteiger partial charge in [0.2, 0.25) is 0 Å². The quantitative estimate of drug-likeness (QED) is 0.444. The Bertz CT molecular complexity index is 725. The Morgan fingerprint density at radius 3 is 2.79 bits per heavy atom. The molecule has 154 valence electrons. The summed E-state index contributed by atoms with van der Waals surface area (Å²) < 4.78 is 0. The molecule has 0 saturated heterocycles. The standard InChI is InChI=1S/C26H38O2/c1-4-6-7-8-9-19-17-25(3)22(12-13-23(25)28)26(5-2)15-14-18-16-20(27)10-11-21(18)24(19)26/h5,10-11,16,19,22-24,27-28H,2,4,6-9,12-15,17H2,1,3H3/t19?,22-,23?,24-,25+,26?/m1/s1. The Morgan fingerprint density at radius 1 is 1.21 bits per heavy atom. The van der Waals surface area contributed by atoms with E-state index in [4.69, 9.17) is 0 Å². The highest BCUT2D eigenvalue weighted by Gasteiger charge is 2.63. The van der Waals surface area contributed by atoms with Gasteiger partial charge < -0.3 is 10.2 Å². The second-order valence-electron chi connectivity index (χ2n) is 10.1. The Hall–Kier alpha value is -1.28. The molecule has 0 spiro atoms. The van der Waals surface area contributed by atoms with E-state index in [1.807, 2.05) is 12.1 Å². The molecule has 0 radical (unpaired) electrons. The molecule has 1 aromatic rings. The van der Waals surface area contributed by atoms with E-state index in [9.17, 15) is 10.2 Å². The number of fused-ring (bicyclic) bond motifs is 5. The fourth-order valence-electron chi connectivity index (χ4n) is 7.53. The van der Waals surface area contributed by atoms with E-state index in [1.54, 1.807) is 0 Å². The molecule has 6 atom stereocenters. The Balaban J connectivity index is 1.76. The fourth-order valence-corrected chi connectivity index (χ4v) is 7.53. The lowest BCUT2D eigenvalue weighted by molar-refractivity contribution is -0.0812. The monoisotopic (exact) mass is 382 g/mol. The SMILES string of the molecule is C=CC12CCc3cc(O)ccc3[C@H]1C(CCCCCC)C[C@]1(C)C(O)CC[C@@H]21. The highest BCUT2D eigenvalue weighted by Crippen LogP contribution is 2.69. The lowest BCUT2D eigenvalue weighted by Gasteiger charge is -2.60. The number of aryl methyl sites for hydroxylation is 1. The average Bonchev–Trinajstić information content (AvgIpc) is 2.99. The van der Waals surface area contributed by atoms with Gasteiger partial charge >= 0.3 is 0 Å². The van der Waals surface area contributed by atoms with E-state index in [1.165, 1.54) is 43.2 Å². The van der Waals surface area contributed by atoms with Crippen LogP contribution in [0.5, 0.6) is 5.75 Å². The molecule has 2 heteroatoms. The number of benzene rings is 1. The summed E-state index contributed by atoms with van der Waals surface area (Å²) in [6.07, 6.45) is 13.8. The molecule has 2 N–H and O–H groups in total. The minimum Gasteiger partial charge on any atom is -0.508 e. The lowest BCUT2D eigenvalue weighted by atomic mass is 9.44. The molecule has 2 nitrogen and oxygen atoms in total. The van der Waals surface area contributed by atoms with Gasteiger partial charge in [-0.15, -0.1) is 6.58 Å². The van der Waals surface area contributed by atoms with Crippen molar-refractivity contribution in [1.29, 1.82) is 0 Å². The number of aliphatic hydroxyl groups excluding tert-OH is 1. The molecule has 0 aromatic heterocycles. The van der Waals surface area contributed by atoms with Gasteiger partial charge in [-0.1, -0.05) is 51.7 Å². The zero-order chi connectivity index (χ0) is 19.9. The highest BCUT2D eigenvalue weighted by molar-refractivity contribution is 5.43. The lowest BCUT2D eigenvalue weighted by Crippen LogP contribution is -2.54. The van der Waals surface area contributed by atoms with Crippen LogP contribution in [0, 0.1) is 22.7 Å². The summed E-state index contributed by atoms with van der Waals surface area (Å²) in [6.45, 7) is 9.01. The number of aliphatic hydroxyl groups is 1. The number of hydrogen-bond donors (Lipinski definition) is 2. The van der Waals surface area contributed by atoms with Crippen LogP contribution >= 0.6 is 0 Å². The van der Waals surface area contributed by atoms with Crippen LogP contribution in [-0.4, -0.2) is 16.3 Å². The van der Waals surface area contributed by atoms with Crippen LogP contribution in [0.4, 0.5) is 0 Å². The van der Waals surface area contributed by atoms with Crippen molar-refractivity contribution in [2.75, 3.05) is 0 Å². The van der Waals surface area contributed by atoms with Gasteiger partial charge in [0.1, 0.15) is 5.75 Å². The van der Waals surface area contributed by atoms with Gasteiger partial charge in [-0.2, -0.15) is 0 Å². The second-order valence-corrected chi connectivity index (χ2v) is 10.1. The zero-order valence-electron chi connectivity index (χ0n) is 17.8. The molecule has 2 saturated carbocycles. The molecular weight excluding hydrogens is 344 g/mol. The van der Waals surface area contributed by atoms with Crippen molar-refractivity contribution in [1.82, 2.24) is 0 Å². The van der Waals surface area contributed by atoms with Gasteiger partial charge in [-0.05, 0) is 90.4 Å². The molecule has 28 heavy (non-hydrogen) atoms. The molecule has 3 aliphatic carbocycles.